The fraction of sp³-hybridized carbons (Fsp3) is 0.882. The summed E-state index contributed by atoms with van der Waals surface area (Å²) >= 11 is 0. The summed E-state index contributed by atoms with van der Waals surface area (Å²) in [6.07, 6.45) is 7.04. The van der Waals surface area contributed by atoms with Crippen LogP contribution in [-0.4, -0.2) is 42.5 Å². The molecule has 0 aromatic carbocycles. The van der Waals surface area contributed by atoms with Crippen LogP contribution in [0.4, 0.5) is 0 Å². The molecule has 3 rings (SSSR count). The van der Waals surface area contributed by atoms with Crippen LogP contribution in [0, 0.1) is 17.3 Å². The van der Waals surface area contributed by atoms with Gasteiger partial charge in [0.1, 0.15) is 0 Å². The summed E-state index contributed by atoms with van der Waals surface area (Å²) in [6, 6.07) is 0. The van der Waals surface area contributed by atoms with E-state index in [0.29, 0.717) is 17.9 Å². The Morgan fingerprint density at radius 1 is 1.27 bits per heavy atom. The van der Waals surface area contributed by atoms with Gasteiger partial charge in [0.15, 0.2) is 0 Å². The number of nitrogens with zero attached hydrogens (tertiary/aromatic N) is 1. The maximum Gasteiger partial charge on any atom is 0.225 e. The van der Waals surface area contributed by atoms with Gasteiger partial charge in [0, 0.05) is 31.5 Å². The second kappa shape index (κ2) is 6.19. The Bertz CT molecular complexity index is 445. The fourth-order valence-electron chi connectivity index (χ4n) is 4.65. The highest BCUT2D eigenvalue weighted by Crippen LogP contribution is 2.50. The number of likely N-dealkylation sites (tertiary alicyclic amines) is 1. The first-order valence-electron chi connectivity index (χ1n) is 8.73. The number of primary amides is 1. The molecule has 2 saturated carbocycles. The summed E-state index contributed by atoms with van der Waals surface area (Å²) < 4.78 is 5.66. The highest BCUT2D eigenvalue weighted by molar-refractivity contribution is 5.82. The number of rotatable bonds is 4. The standard InChI is InChI=1S/C17H28N2O3/c1-2-22-14-9-17(10-14)6-7-19(11-17)16(21)13-5-3-4-12(8-13)15(18)20/h12-14H,2-11H2,1H3,(H2,18,20). The predicted octanol–water partition coefficient (Wildman–Crippen LogP) is 1.70. The minimum atomic E-state index is -0.242. The monoisotopic (exact) mass is 308 g/mol. The van der Waals surface area contributed by atoms with Crippen molar-refractivity contribution in [2.75, 3.05) is 19.7 Å². The van der Waals surface area contributed by atoms with Gasteiger partial charge in [-0.2, -0.15) is 0 Å². The van der Waals surface area contributed by atoms with Gasteiger partial charge in [0.2, 0.25) is 11.8 Å². The van der Waals surface area contributed by atoms with Crippen LogP contribution in [0.3, 0.4) is 0 Å². The zero-order chi connectivity index (χ0) is 15.7. The van der Waals surface area contributed by atoms with E-state index in [-0.39, 0.29) is 23.7 Å². The molecule has 2 N–H and O–H groups in total. The van der Waals surface area contributed by atoms with Crippen LogP contribution in [-0.2, 0) is 14.3 Å². The van der Waals surface area contributed by atoms with Crippen molar-refractivity contribution in [1.29, 1.82) is 0 Å². The SMILES string of the molecule is CCOC1CC2(CCN(C(=O)C3CCCC(C(N)=O)C3)C2)C1. The maximum atomic E-state index is 12.7. The van der Waals surface area contributed by atoms with E-state index >= 15 is 0 Å². The molecule has 0 bridgehead atoms. The molecule has 2 unspecified atom stereocenters. The first kappa shape index (κ1) is 15.8. The molecule has 1 heterocycles. The summed E-state index contributed by atoms with van der Waals surface area (Å²) in [4.78, 5) is 26.2. The number of hydrogen-bond acceptors (Lipinski definition) is 3. The summed E-state index contributed by atoms with van der Waals surface area (Å²) in [5.74, 6) is -0.0916. The lowest BCUT2D eigenvalue weighted by atomic mass is 9.66. The van der Waals surface area contributed by atoms with Crippen molar-refractivity contribution in [3.8, 4) is 0 Å². The first-order chi connectivity index (χ1) is 10.5. The first-order valence-corrected chi connectivity index (χ1v) is 8.73. The van der Waals surface area contributed by atoms with Gasteiger partial charge < -0.3 is 15.4 Å². The van der Waals surface area contributed by atoms with Crippen LogP contribution in [0.1, 0.15) is 51.9 Å². The van der Waals surface area contributed by atoms with Crippen LogP contribution in [0.15, 0.2) is 0 Å². The van der Waals surface area contributed by atoms with Gasteiger partial charge in [0.05, 0.1) is 6.10 Å². The average Bonchev–Trinajstić information content (AvgIpc) is 2.92. The van der Waals surface area contributed by atoms with E-state index < -0.39 is 0 Å². The zero-order valence-corrected chi connectivity index (χ0v) is 13.6. The summed E-state index contributed by atoms with van der Waals surface area (Å²) in [7, 11) is 0. The lowest BCUT2D eigenvalue weighted by molar-refractivity contribution is -0.138. The molecule has 5 heteroatoms. The molecular weight excluding hydrogens is 280 g/mol. The van der Waals surface area contributed by atoms with E-state index in [1.165, 1.54) is 0 Å². The van der Waals surface area contributed by atoms with E-state index in [1.54, 1.807) is 0 Å². The quantitative estimate of drug-likeness (QED) is 0.859. The molecule has 0 radical (unpaired) electrons. The number of carbonyl (C=O) groups is 2. The van der Waals surface area contributed by atoms with Crippen LogP contribution in [0.2, 0.25) is 0 Å². The predicted molar refractivity (Wildman–Crippen MR) is 82.9 cm³/mol. The summed E-state index contributed by atoms with van der Waals surface area (Å²) in [5, 5.41) is 0. The van der Waals surface area contributed by atoms with Crippen molar-refractivity contribution >= 4 is 11.8 Å². The van der Waals surface area contributed by atoms with Gasteiger partial charge in [-0.3, -0.25) is 9.59 Å². The lowest BCUT2D eigenvalue weighted by Crippen LogP contribution is -2.46. The van der Waals surface area contributed by atoms with Crippen molar-refractivity contribution in [2.45, 2.75) is 58.0 Å². The fourth-order valence-corrected chi connectivity index (χ4v) is 4.65. The Hall–Kier alpha value is -1.10. The second-order valence-corrected chi connectivity index (χ2v) is 7.46. The minimum Gasteiger partial charge on any atom is -0.378 e. The maximum absolute atomic E-state index is 12.7. The van der Waals surface area contributed by atoms with Crippen LogP contribution < -0.4 is 5.73 Å². The third-order valence-electron chi connectivity index (χ3n) is 5.90. The Labute approximate surface area is 132 Å². The molecule has 0 aromatic heterocycles. The number of nitrogens with two attached hydrogens (primary N) is 1. The van der Waals surface area contributed by atoms with Gasteiger partial charge in [-0.25, -0.2) is 0 Å². The topological polar surface area (TPSA) is 72.6 Å². The Morgan fingerprint density at radius 2 is 2.00 bits per heavy atom. The molecule has 3 fully saturated rings. The number of hydrogen-bond donors (Lipinski definition) is 1. The van der Waals surface area contributed by atoms with Crippen molar-refractivity contribution in [3.63, 3.8) is 0 Å². The van der Waals surface area contributed by atoms with Crippen molar-refractivity contribution in [1.82, 2.24) is 4.90 Å². The molecule has 3 aliphatic rings. The average molecular weight is 308 g/mol. The smallest absolute Gasteiger partial charge is 0.225 e. The normalized spacial score (nSPS) is 38.0. The largest absolute Gasteiger partial charge is 0.378 e. The van der Waals surface area contributed by atoms with E-state index in [0.717, 1.165) is 58.2 Å². The molecule has 1 spiro atoms. The Morgan fingerprint density at radius 3 is 2.68 bits per heavy atom. The molecule has 0 aromatic rings. The van der Waals surface area contributed by atoms with Crippen molar-refractivity contribution < 1.29 is 14.3 Å². The molecule has 124 valence electrons. The minimum absolute atomic E-state index is 0.00386. The molecule has 22 heavy (non-hydrogen) atoms. The Kier molecular flexibility index (Phi) is 4.44. The molecule has 2 atom stereocenters. The van der Waals surface area contributed by atoms with Gasteiger partial charge in [-0.15, -0.1) is 0 Å². The molecular formula is C17H28N2O3. The third kappa shape index (κ3) is 3.00. The number of carbonyl (C=O) groups excluding carboxylic acids is 2. The molecule has 1 aliphatic heterocycles. The van der Waals surface area contributed by atoms with E-state index in [2.05, 4.69) is 0 Å². The van der Waals surface area contributed by atoms with Crippen LogP contribution >= 0.6 is 0 Å². The van der Waals surface area contributed by atoms with Crippen LogP contribution in [0.5, 0.6) is 0 Å². The second-order valence-electron chi connectivity index (χ2n) is 7.46. The van der Waals surface area contributed by atoms with Gasteiger partial charge in [0.25, 0.3) is 0 Å². The number of amides is 2. The van der Waals surface area contributed by atoms with Crippen LogP contribution in [0.25, 0.3) is 0 Å². The molecule has 2 aliphatic carbocycles. The molecule has 2 amide bonds. The van der Waals surface area contributed by atoms with E-state index in [1.807, 2.05) is 11.8 Å². The summed E-state index contributed by atoms with van der Waals surface area (Å²) in [6.45, 7) is 4.57. The van der Waals surface area contributed by atoms with Crippen molar-refractivity contribution in [2.24, 2.45) is 23.0 Å². The Balaban J connectivity index is 1.53. The summed E-state index contributed by atoms with van der Waals surface area (Å²) in [5.41, 5.74) is 5.74. The van der Waals surface area contributed by atoms with Crippen molar-refractivity contribution in [3.05, 3.63) is 0 Å². The van der Waals surface area contributed by atoms with E-state index in [4.69, 9.17) is 10.5 Å². The zero-order valence-electron chi connectivity index (χ0n) is 13.6. The molecule has 1 saturated heterocycles. The van der Waals surface area contributed by atoms with Gasteiger partial charge >= 0.3 is 0 Å². The van der Waals surface area contributed by atoms with E-state index in [9.17, 15) is 9.59 Å². The van der Waals surface area contributed by atoms with Gasteiger partial charge in [-0.05, 0) is 50.9 Å². The lowest BCUT2D eigenvalue weighted by Gasteiger charge is -2.44. The van der Waals surface area contributed by atoms with Gasteiger partial charge in [-0.1, -0.05) is 6.42 Å². The highest BCUT2D eigenvalue weighted by Gasteiger charge is 2.50. The third-order valence-corrected chi connectivity index (χ3v) is 5.90. The highest BCUT2D eigenvalue weighted by atomic mass is 16.5. The molecule has 5 nitrogen and oxygen atoms in total. The number of ether oxygens (including phenoxy) is 1.